The van der Waals surface area contributed by atoms with Gasteiger partial charge in [0.1, 0.15) is 0 Å². The van der Waals surface area contributed by atoms with Crippen molar-refractivity contribution < 1.29 is 8.42 Å². The fourth-order valence-corrected chi connectivity index (χ4v) is 3.13. The molecule has 96 valence electrons. The Labute approximate surface area is 112 Å². The molecular formula is C12H18BrNO2S. The van der Waals surface area contributed by atoms with E-state index < -0.39 is 10.0 Å². The van der Waals surface area contributed by atoms with E-state index in [9.17, 15) is 8.42 Å². The second-order valence-corrected chi connectivity index (χ2v) is 6.97. The minimum Gasteiger partial charge on any atom is -0.215 e. The van der Waals surface area contributed by atoms with Gasteiger partial charge in [0.15, 0.2) is 0 Å². The fourth-order valence-electron chi connectivity index (χ4n) is 1.52. The zero-order chi connectivity index (χ0) is 12.9. The molecule has 5 heteroatoms. The molecular weight excluding hydrogens is 302 g/mol. The Kier molecular flexibility index (Phi) is 5.62. The number of benzene rings is 1. The second-order valence-electron chi connectivity index (χ2n) is 4.12. The molecule has 0 fully saturated rings. The topological polar surface area (TPSA) is 46.2 Å². The molecule has 1 unspecified atom stereocenters. The van der Waals surface area contributed by atoms with Crippen LogP contribution < -0.4 is 4.72 Å². The van der Waals surface area contributed by atoms with E-state index in [0.717, 1.165) is 10.0 Å². The Bertz CT molecular complexity index is 459. The molecule has 3 nitrogen and oxygen atoms in total. The molecule has 0 aromatic heterocycles. The average Bonchev–Trinajstić information content (AvgIpc) is 2.26. The summed E-state index contributed by atoms with van der Waals surface area (Å²) in [6.07, 6.45) is 0.639. The highest BCUT2D eigenvalue weighted by Crippen LogP contribution is 2.19. The summed E-state index contributed by atoms with van der Waals surface area (Å²) in [4.78, 5) is 0. The first-order chi connectivity index (χ1) is 7.94. The van der Waals surface area contributed by atoms with E-state index in [1.54, 1.807) is 0 Å². The molecule has 0 amide bonds. The van der Waals surface area contributed by atoms with Gasteiger partial charge in [-0.15, -0.1) is 0 Å². The summed E-state index contributed by atoms with van der Waals surface area (Å²) < 4.78 is 26.7. The quantitative estimate of drug-likeness (QED) is 0.876. The summed E-state index contributed by atoms with van der Waals surface area (Å²) in [5.41, 5.74) is 1.12. The summed E-state index contributed by atoms with van der Waals surface area (Å²) in [5, 5.41) is 0. The molecule has 1 rings (SSSR count). The number of rotatable bonds is 6. The highest BCUT2D eigenvalue weighted by Gasteiger charge is 2.12. The van der Waals surface area contributed by atoms with Crippen LogP contribution in [-0.2, 0) is 10.0 Å². The van der Waals surface area contributed by atoms with Gasteiger partial charge in [-0.1, -0.05) is 41.9 Å². The Morgan fingerprint density at radius 1 is 1.41 bits per heavy atom. The number of hydrogen-bond acceptors (Lipinski definition) is 2. The number of nitrogens with one attached hydrogen (secondary N) is 1. The Morgan fingerprint density at radius 3 is 2.71 bits per heavy atom. The van der Waals surface area contributed by atoms with Crippen LogP contribution in [0, 0.1) is 0 Å². The van der Waals surface area contributed by atoms with Gasteiger partial charge in [-0.2, -0.15) is 0 Å². The fraction of sp³-hybridized carbons (Fsp3) is 0.500. The standard InChI is InChI=1S/C12H18BrNO2S/c1-3-7-17(15,16)14-9-10(2)11-5-4-6-12(13)8-11/h4-6,8,10,14H,3,7,9H2,1-2H3. The van der Waals surface area contributed by atoms with Crippen molar-refractivity contribution in [3.63, 3.8) is 0 Å². The monoisotopic (exact) mass is 319 g/mol. The van der Waals surface area contributed by atoms with Gasteiger partial charge in [0.05, 0.1) is 5.75 Å². The summed E-state index contributed by atoms with van der Waals surface area (Å²) >= 11 is 3.41. The van der Waals surface area contributed by atoms with Crippen LogP contribution >= 0.6 is 15.9 Å². The predicted molar refractivity (Wildman–Crippen MR) is 74.6 cm³/mol. The van der Waals surface area contributed by atoms with E-state index in [2.05, 4.69) is 20.7 Å². The van der Waals surface area contributed by atoms with Crippen LogP contribution in [-0.4, -0.2) is 20.7 Å². The first kappa shape index (κ1) is 14.7. The lowest BCUT2D eigenvalue weighted by Crippen LogP contribution is -2.29. The molecule has 0 heterocycles. The largest absolute Gasteiger partial charge is 0.215 e. The molecule has 0 bridgehead atoms. The van der Waals surface area contributed by atoms with E-state index in [-0.39, 0.29) is 11.7 Å². The molecule has 17 heavy (non-hydrogen) atoms. The van der Waals surface area contributed by atoms with Crippen LogP contribution in [0.5, 0.6) is 0 Å². The first-order valence-corrected chi connectivity index (χ1v) is 8.12. The second kappa shape index (κ2) is 6.52. The molecule has 1 aromatic rings. The van der Waals surface area contributed by atoms with Gasteiger partial charge < -0.3 is 0 Å². The lowest BCUT2D eigenvalue weighted by molar-refractivity contribution is 0.573. The van der Waals surface area contributed by atoms with Crippen LogP contribution in [0.15, 0.2) is 28.7 Å². The van der Waals surface area contributed by atoms with Crippen molar-refractivity contribution in [3.05, 3.63) is 34.3 Å². The molecule has 0 aliphatic carbocycles. The van der Waals surface area contributed by atoms with E-state index in [0.29, 0.717) is 13.0 Å². The molecule has 1 N–H and O–H groups in total. The lowest BCUT2D eigenvalue weighted by atomic mass is 10.0. The maximum Gasteiger partial charge on any atom is 0.211 e. The molecule has 0 spiro atoms. The van der Waals surface area contributed by atoms with E-state index in [1.165, 1.54) is 0 Å². The minimum absolute atomic E-state index is 0.166. The highest BCUT2D eigenvalue weighted by molar-refractivity contribution is 9.10. The molecule has 0 aliphatic rings. The van der Waals surface area contributed by atoms with Crippen molar-refractivity contribution in [1.29, 1.82) is 0 Å². The molecule has 0 saturated heterocycles. The van der Waals surface area contributed by atoms with Crippen molar-refractivity contribution in [1.82, 2.24) is 4.72 Å². The van der Waals surface area contributed by atoms with Crippen LogP contribution in [0.25, 0.3) is 0 Å². The number of halogens is 1. The summed E-state index contributed by atoms with van der Waals surface area (Å²) in [7, 11) is -3.11. The molecule has 1 atom stereocenters. The van der Waals surface area contributed by atoms with E-state index in [4.69, 9.17) is 0 Å². The van der Waals surface area contributed by atoms with Crippen LogP contribution in [0.4, 0.5) is 0 Å². The van der Waals surface area contributed by atoms with Crippen LogP contribution in [0.1, 0.15) is 31.7 Å². The summed E-state index contributed by atoms with van der Waals surface area (Å²) in [6, 6.07) is 7.93. The molecule has 0 radical (unpaired) electrons. The number of hydrogen-bond donors (Lipinski definition) is 1. The van der Waals surface area contributed by atoms with Gasteiger partial charge >= 0.3 is 0 Å². The normalized spacial score (nSPS) is 13.6. The van der Waals surface area contributed by atoms with Gasteiger partial charge in [0.25, 0.3) is 0 Å². The van der Waals surface area contributed by atoms with Crippen molar-refractivity contribution in [3.8, 4) is 0 Å². The van der Waals surface area contributed by atoms with Gasteiger partial charge in [-0.25, -0.2) is 13.1 Å². The Hall–Kier alpha value is -0.390. The third-order valence-corrected chi connectivity index (χ3v) is 4.55. The summed E-state index contributed by atoms with van der Waals surface area (Å²) in [6.45, 7) is 4.31. The maximum absolute atomic E-state index is 11.5. The van der Waals surface area contributed by atoms with Crippen molar-refractivity contribution in [2.45, 2.75) is 26.2 Å². The van der Waals surface area contributed by atoms with Crippen molar-refractivity contribution in [2.24, 2.45) is 0 Å². The molecule has 1 aromatic carbocycles. The van der Waals surface area contributed by atoms with Crippen molar-refractivity contribution >= 4 is 26.0 Å². The predicted octanol–water partition coefficient (Wildman–Crippen LogP) is 2.88. The lowest BCUT2D eigenvalue weighted by Gasteiger charge is -2.13. The first-order valence-electron chi connectivity index (χ1n) is 5.67. The number of sulfonamides is 1. The Morgan fingerprint density at radius 2 is 2.12 bits per heavy atom. The third-order valence-electron chi connectivity index (χ3n) is 2.50. The van der Waals surface area contributed by atoms with Crippen LogP contribution in [0.3, 0.4) is 0 Å². The van der Waals surface area contributed by atoms with E-state index >= 15 is 0 Å². The van der Waals surface area contributed by atoms with Gasteiger partial charge in [-0.3, -0.25) is 0 Å². The highest BCUT2D eigenvalue weighted by atomic mass is 79.9. The maximum atomic E-state index is 11.5. The smallest absolute Gasteiger partial charge is 0.211 e. The third kappa shape index (κ3) is 5.19. The van der Waals surface area contributed by atoms with Gasteiger partial charge in [0, 0.05) is 11.0 Å². The van der Waals surface area contributed by atoms with Crippen molar-refractivity contribution in [2.75, 3.05) is 12.3 Å². The zero-order valence-corrected chi connectivity index (χ0v) is 12.5. The van der Waals surface area contributed by atoms with Gasteiger partial charge in [-0.05, 0) is 30.0 Å². The Balaban J connectivity index is 2.59. The average molecular weight is 320 g/mol. The molecule has 0 saturated carbocycles. The van der Waals surface area contributed by atoms with Crippen LogP contribution in [0.2, 0.25) is 0 Å². The molecule has 0 aliphatic heterocycles. The minimum atomic E-state index is -3.11. The summed E-state index contributed by atoms with van der Waals surface area (Å²) in [5.74, 6) is 0.359. The SMILES string of the molecule is CCCS(=O)(=O)NCC(C)c1cccc(Br)c1. The zero-order valence-electron chi connectivity index (χ0n) is 10.1. The van der Waals surface area contributed by atoms with E-state index in [1.807, 2.05) is 38.1 Å². The van der Waals surface area contributed by atoms with Gasteiger partial charge in [0.2, 0.25) is 10.0 Å².